The van der Waals surface area contributed by atoms with Crippen LogP contribution in [0, 0.1) is 5.92 Å². The highest BCUT2D eigenvalue weighted by molar-refractivity contribution is 9.10. The van der Waals surface area contributed by atoms with Gasteiger partial charge in [-0.2, -0.15) is 5.10 Å². The van der Waals surface area contributed by atoms with Gasteiger partial charge in [-0.1, -0.05) is 27.2 Å². The van der Waals surface area contributed by atoms with Crippen molar-refractivity contribution in [1.29, 1.82) is 0 Å². The minimum Gasteiger partial charge on any atom is -0.380 e. The molecule has 20 heavy (non-hydrogen) atoms. The zero-order valence-electron chi connectivity index (χ0n) is 12.5. The van der Waals surface area contributed by atoms with Gasteiger partial charge in [-0.3, -0.25) is 4.79 Å². The van der Waals surface area contributed by atoms with Crippen LogP contribution in [-0.2, 0) is 11.3 Å². The molecule has 0 aromatic carbocycles. The third kappa shape index (κ3) is 5.63. The number of halogens is 1. The first-order chi connectivity index (χ1) is 9.56. The third-order valence-corrected chi connectivity index (χ3v) is 3.49. The Balaban J connectivity index is 2.51. The van der Waals surface area contributed by atoms with E-state index in [0.717, 1.165) is 19.4 Å². The number of hydrogen-bond acceptors (Lipinski definition) is 4. The Morgan fingerprint density at radius 1 is 1.45 bits per heavy atom. The normalized spacial score (nSPS) is 11.1. The lowest BCUT2D eigenvalue weighted by Crippen LogP contribution is -2.26. The van der Waals surface area contributed by atoms with Gasteiger partial charge in [-0.05, 0) is 28.3 Å². The lowest BCUT2D eigenvalue weighted by molar-refractivity contribution is 0.141. The van der Waals surface area contributed by atoms with Crippen LogP contribution in [0.3, 0.4) is 0 Å². The van der Waals surface area contributed by atoms with Crippen LogP contribution in [0.15, 0.2) is 15.5 Å². The average Bonchev–Trinajstić information content (AvgIpc) is 2.41. The van der Waals surface area contributed by atoms with E-state index < -0.39 is 0 Å². The molecular formula is C14H24BrN3O2. The van der Waals surface area contributed by atoms with Gasteiger partial charge in [0.2, 0.25) is 0 Å². The molecule has 0 saturated heterocycles. The molecule has 0 saturated carbocycles. The van der Waals surface area contributed by atoms with E-state index in [1.165, 1.54) is 4.68 Å². The Kier molecular flexibility index (Phi) is 7.84. The second-order valence-corrected chi connectivity index (χ2v) is 5.94. The molecule has 0 radical (unpaired) electrons. The van der Waals surface area contributed by atoms with Crippen LogP contribution in [0.4, 0.5) is 5.69 Å². The van der Waals surface area contributed by atoms with Gasteiger partial charge in [-0.15, -0.1) is 0 Å². The van der Waals surface area contributed by atoms with Crippen LogP contribution in [0.5, 0.6) is 0 Å². The van der Waals surface area contributed by atoms with Gasteiger partial charge in [0.05, 0.1) is 18.5 Å². The van der Waals surface area contributed by atoms with E-state index in [9.17, 15) is 4.79 Å². The molecule has 0 amide bonds. The molecule has 5 nitrogen and oxygen atoms in total. The summed E-state index contributed by atoms with van der Waals surface area (Å²) in [7, 11) is 0. The molecule has 0 fully saturated rings. The molecule has 6 heteroatoms. The van der Waals surface area contributed by atoms with Crippen molar-refractivity contribution in [3.05, 3.63) is 21.0 Å². The predicted molar refractivity (Wildman–Crippen MR) is 85.3 cm³/mol. The van der Waals surface area contributed by atoms with Gasteiger partial charge in [0, 0.05) is 19.7 Å². The summed E-state index contributed by atoms with van der Waals surface area (Å²) in [6.45, 7) is 8.95. The maximum absolute atomic E-state index is 12.1. The number of anilines is 1. The van der Waals surface area contributed by atoms with Crippen molar-refractivity contribution >= 4 is 21.6 Å². The summed E-state index contributed by atoms with van der Waals surface area (Å²) in [5.41, 5.74) is 0.615. The van der Waals surface area contributed by atoms with Crippen molar-refractivity contribution in [2.45, 2.75) is 40.2 Å². The number of aromatic nitrogens is 2. The predicted octanol–water partition coefficient (Wildman–Crippen LogP) is 2.89. The van der Waals surface area contributed by atoms with Gasteiger partial charge >= 0.3 is 0 Å². The van der Waals surface area contributed by atoms with E-state index in [0.29, 0.717) is 35.8 Å². The summed E-state index contributed by atoms with van der Waals surface area (Å²) >= 11 is 3.34. The van der Waals surface area contributed by atoms with Crippen molar-refractivity contribution in [3.8, 4) is 0 Å². The second kappa shape index (κ2) is 9.13. The van der Waals surface area contributed by atoms with Crippen molar-refractivity contribution in [1.82, 2.24) is 9.78 Å². The highest BCUT2D eigenvalue weighted by Crippen LogP contribution is 2.15. The quantitative estimate of drug-likeness (QED) is 0.699. The monoisotopic (exact) mass is 345 g/mol. The maximum atomic E-state index is 12.1. The van der Waals surface area contributed by atoms with E-state index in [1.807, 2.05) is 0 Å². The average molecular weight is 346 g/mol. The standard InChI is InChI=1S/C14H24BrN3O2/c1-4-5-7-20-8-6-16-12-9-17-18(10-11(2)3)14(19)13(12)15/h9,11,16H,4-8,10H2,1-3H3. The van der Waals surface area contributed by atoms with Gasteiger partial charge in [-0.25, -0.2) is 4.68 Å². The molecule has 1 heterocycles. The van der Waals surface area contributed by atoms with Crippen LogP contribution >= 0.6 is 15.9 Å². The summed E-state index contributed by atoms with van der Waals surface area (Å²) in [5.74, 6) is 0.387. The Labute approximate surface area is 128 Å². The van der Waals surface area contributed by atoms with Gasteiger partial charge in [0.15, 0.2) is 0 Å². The highest BCUT2D eigenvalue weighted by atomic mass is 79.9. The summed E-state index contributed by atoms with van der Waals surface area (Å²) < 4.78 is 7.47. The number of nitrogens with one attached hydrogen (secondary N) is 1. The molecule has 1 aromatic rings. The zero-order valence-corrected chi connectivity index (χ0v) is 14.1. The first-order valence-corrected chi connectivity index (χ1v) is 7.92. The fourth-order valence-electron chi connectivity index (χ4n) is 1.67. The molecule has 0 aliphatic rings. The molecule has 1 aromatic heterocycles. The molecule has 114 valence electrons. The smallest absolute Gasteiger partial charge is 0.283 e. The summed E-state index contributed by atoms with van der Waals surface area (Å²) in [5, 5.41) is 7.34. The number of rotatable bonds is 9. The van der Waals surface area contributed by atoms with Crippen LogP contribution in [0.2, 0.25) is 0 Å². The Morgan fingerprint density at radius 3 is 2.85 bits per heavy atom. The molecule has 0 bridgehead atoms. The molecule has 0 atom stereocenters. The van der Waals surface area contributed by atoms with Crippen molar-refractivity contribution < 1.29 is 4.74 Å². The molecule has 1 N–H and O–H groups in total. The van der Waals surface area contributed by atoms with Crippen LogP contribution in [0.1, 0.15) is 33.6 Å². The zero-order chi connectivity index (χ0) is 15.0. The molecule has 0 unspecified atom stereocenters. The van der Waals surface area contributed by atoms with Gasteiger partial charge < -0.3 is 10.1 Å². The largest absolute Gasteiger partial charge is 0.380 e. The van der Waals surface area contributed by atoms with E-state index in [1.54, 1.807) is 6.20 Å². The van der Waals surface area contributed by atoms with E-state index in [4.69, 9.17) is 4.74 Å². The molecule has 1 rings (SSSR count). The van der Waals surface area contributed by atoms with Crippen LogP contribution in [0.25, 0.3) is 0 Å². The Morgan fingerprint density at radius 2 is 2.20 bits per heavy atom. The van der Waals surface area contributed by atoms with Crippen LogP contribution in [-0.4, -0.2) is 29.5 Å². The SMILES string of the molecule is CCCCOCCNc1cnn(CC(C)C)c(=O)c1Br. The lowest BCUT2D eigenvalue weighted by Gasteiger charge is -2.11. The topological polar surface area (TPSA) is 56.1 Å². The molecule has 0 spiro atoms. The highest BCUT2D eigenvalue weighted by Gasteiger charge is 2.09. The first-order valence-electron chi connectivity index (χ1n) is 7.13. The van der Waals surface area contributed by atoms with Crippen LogP contribution < -0.4 is 10.9 Å². The minimum absolute atomic E-state index is 0.101. The number of unbranched alkanes of at least 4 members (excludes halogenated alkanes) is 1. The maximum Gasteiger partial charge on any atom is 0.283 e. The van der Waals surface area contributed by atoms with E-state index in [-0.39, 0.29) is 5.56 Å². The summed E-state index contributed by atoms with van der Waals surface area (Å²) in [6.07, 6.45) is 3.90. The van der Waals surface area contributed by atoms with E-state index >= 15 is 0 Å². The lowest BCUT2D eigenvalue weighted by atomic mass is 10.2. The minimum atomic E-state index is -0.101. The van der Waals surface area contributed by atoms with Crippen molar-refractivity contribution in [3.63, 3.8) is 0 Å². The number of ether oxygens (including phenoxy) is 1. The van der Waals surface area contributed by atoms with Gasteiger partial charge in [0.1, 0.15) is 4.47 Å². The van der Waals surface area contributed by atoms with Crippen molar-refractivity contribution in [2.24, 2.45) is 5.92 Å². The number of hydrogen-bond donors (Lipinski definition) is 1. The summed E-state index contributed by atoms with van der Waals surface area (Å²) in [4.78, 5) is 12.1. The first kappa shape index (κ1) is 17.2. The Bertz CT molecular complexity index is 460. The molecule has 0 aliphatic carbocycles. The fraction of sp³-hybridized carbons (Fsp3) is 0.714. The fourth-order valence-corrected chi connectivity index (χ4v) is 2.12. The van der Waals surface area contributed by atoms with Crippen molar-refractivity contribution in [2.75, 3.05) is 25.1 Å². The second-order valence-electron chi connectivity index (χ2n) is 5.15. The Hall–Kier alpha value is -0.880. The third-order valence-electron chi connectivity index (χ3n) is 2.73. The van der Waals surface area contributed by atoms with E-state index in [2.05, 4.69) is 47.1 Å². The molecule has 0 aliphatic heterocycles. The molecular weight excluding hydrogens is 322 g/mol. The summed E-state index contributed by atoms with van der Waals surface area (Å²) in [6, 6.07) is 0. The van der Waals surface area contributed by atoms with Gasteiger partial charge in [0.25, 0.3) is 5.56 Å². The number of nitrogens with zero attached hydrogens (tertiary/aromatic N) is 2.